The summed E-state index contributed by atoms with van der Waals surface area (Å²) in [7, 11) is 0. The van der Waals surface area contributed by atoms with E-state index in [0.29, 0.717) is 25.3 Å². The van der Waals surface area contributed by atoms with E-state index in [1.165, 1.54) is 0 Å². The Morgan fingerprint density at radius 2 is 2.22 bits per heavy atom. The molecule has 3 nitrogen and oxygen atoms in total. The van der Waals surface area contributed by atoms with Gasteiger partial charge in [-0.1, -0.05) is 6.07 Å². The van der Waals surface area contributed by atoms with Crippen LogP contribution in [0.25, 0.3) is 0 Å². The fourth-order valence-electron chi connectivity index (χ4n) is 2.34. The van der Waals surface area contributed by atoms with Gasteiger partial charge in [0.15, 0.2) is 0 Å². The quantitative estimate of drug-likeness (QED) is 0.893. The molecule has 18 heavy (non-hydrogen) atoms. The molecule has 1 heterocycles. The highest BCUT2D eigenvalue weighted by Gasteiger charge is 2.25. The van der Waals surface area contributed by atoms with Gasteiger partial charge in [0.2, 0.25) is 0 Å². The molecule has 0 bridgehead atoms. The minimum Gasteiger partial charge on any atom is -0.375 e. The van der Waals surface area contributed by atoms with E-state index in [-0.39, 0.29) is 18.0 Å². The molecule has 4 heteroatoms. The number of nitrogens with two attached hydrogens (primary N) is 1. The summed E-state index contributed by atoms with van der Waals surface area (Å²) in [5.41, 5.74) is 7.10. The Kier molecular flexibility index (Phi) is 4.19. The molecule has 100 valence electrons. The summed E-state index contributed by atoms with van der Waals surface area (Å²) in [5.74, 6) is -0.165. The van der Waals surface area contributed by atoms with E-state index >= 15 is 0 Å². The molecule has 1 aromatic rings. The average molecular weight is 252 g/mol. The maximum atomic E-state index is 14.1. The molecule has 1 saturated heterocycles. The van der Waals surface area contributed by atoms with Crippen LogP contribution in [-0.2, 0) is 11.2 Å². The molecule has 2 atom stereocenters. The number of benzene rings is 1. The van der Waals surface area contributed by atoms with Gasteiger partial charge in [-0.3, -0.25) is 0 Å². The molecule has 2 unspecified atom stereocenters. The smallest absolute Gasteiger partial charge is 0.146 e. The van der Waals surface area contributed by atoms with Crippen LogP contribution in [0.15, 0.2) is 18.2 Å². The van der Waals surface area contributed by atoms with E-state index in [2.05, 4.69) is 11.8 Å². The molecule has 0 amide bonds. The van der Waals surface area contributed by atoms with Crippen LogP contribution in [0.5, 0.6) is 0 Å². The van der Waals surface area contributed by atoms with Gasteiger partial charge < -0.3 is 15.4 Å². The zero-order valence-electron chi connectivity index (χ0n) is 11.0. The number of nitrogens with zero attached hydrogens (tertiary/aromatic N) is 1. The average Bonchev–Trinajstić information content (AvgIpc) is 2.33. The van der Waals surface area contributed by atoms with Crippen molar-refractivity contribution in [2.75, 3.05) is 24.6 Å². The number of hydrogen-bond donors (Lipinski definition) is 1. The lowest BCUT2D eigenvalue weighted by atomic mass is 10.1. The molecular weight excluding hydrogens is 231 g/mol. The maximum Gasteiger partial charge on any atom is 0.146 e. The third kappa shape index (κ3) is 2.82. The first-order valence-electron chi connectivity index (χ1n) is 6.48. The predicted octanol–water partition coefficient (Wildman–Crippen LogP) is 1.94. The summed E-state index contributed by atoms with van der Waals surface area (Å²) in [6.07, 6.45) is 0.857. The van der Waals surface area contributed by atoms with Crippen molar-refractivity contribution in [3.63, 3.8) is 0 Å². The Labute approximate surface area is 108 Å². The molecule has 1 fully saturated rings. The molecule has 0 aliphatic carbocycles. The van der Waals surface area contributed by atoms with Gasteiger partial charge >= 0.3 is 0 Å². The van der Waals surface area contributed by atoms with Crippen LogP contribution in [0.3, 0.4) is 0 Å². The molecule has 0 spiro atoms. The third-order valence-electron chi connectivity index (χ3n) is 3.36. The molecule has 0 aromatic heterocycles. The summed E-state index contributed by atoms with van der Waals surface area (Å²) < 4.78 is 19.7. The Hall–Kier alpha value is -1.13. The second-order valence-electron chi connectivity index (χ2n) is 4.97. The monoisotopic (exact) mass is 252 g/mol. The lowest BCUT2D eigenvalue weighted by Gasteiger charge is -2.38. The number of halogens is 1. The summed E-state index contributed by atoms with van der Waals surface area (Å²) >= 11 is 0. The zero-order valence-corrected chi connectivity index (χ0v) is 11.0. The van der Waals surface area contributed by atoms with Crippen LogP contribution >= 0.6 is 0 Å². The van der Waals surface area contributed by atoms with Gasteiger partial charge in [0.05, 0.1) is 18.4 Å². The topological polar surface area (TPSA) is 38.5 Å². The van der Waals surface area contributed by atoms with E-state index in [0.717, 1.165) is 12.1 Å². The van der Waals surface area contributed by atoms with Gasteiger partial charge in [0, 0.05) is 12.6 Å². The SMILES string of the molecule is CC1CN(c2ccc(CCN)cc2F)C(C)CO1. The number of hydrogen-bond acceptors (Lipinski definition) is 3. The van der Waals surface area contributed by atoms with Gasteiger partial charge in [-0.2, -0.15) is 0 Å². The van der Waals surface area contributed by atoms with Gasteiger partial charge in [-0.05, 0) is 44.5 Å². The maximum absolute atomic E-state index is 14.1. The van der Waals surface area contributed by atoms with Gasteiger partial charge in [-0.15, -0.1) is 0 Å². The highest BCUT2D eigenvalue weighted by Crippen LogP contribution is 2.25. The second-order valence-corrected chi connectivity index (χ2v) is 4.97. The lowest BCUT2D eigenvalue weighted by molar-refractivity contribution is 0.0341. The van der Waals surface area contributed by atoms with Crippen molar-refractivity contribution in [1.82, 2.24) is 0 Å². The summed E-state index contributed by atoms with van der Waals surface area (Å²) in [6, 6.07) is 5.61. The highest BCUT2D eigenvalue weighted by molar-refractivity contribution is 5.50. The molecule has 0 saturated carbocycles. The summed E-state index contributed by atoms with van der Waals surface area (Å²) in [4.78, 5) is 2.08. The van der Waals surface area contributed by atoms with Crippen molar-refractivity contribution in [2.24, 2.45) is 5.73 Å². The lowest BCUT2D eigenvalue weighted by Crippen LogP contribution is -2.47. The van der Waals surface area contributed by atoms with E-state index in [1.807, 2.05) is 19.1 Å². The number of morpholine rings is 1. The Morgan fingerprint density at radius 3 is 2.89 bits per heavy atom. The van der Waals surface area contributed by atoms with Crippen LogP contribution in [0, 0.1) is 5.82 Å². The van der Waals surface area contributed by atoms with Crippen LogP contribution in [0.4, 0.5) is 10.1 Å². The van der Waals surface area contributed by atoms with Crippen molar-refractivity contribution in [3.8, 4) is 0 Å². The molecule has 1 aliphatic heterocycles. The first-order valence-corrected chi connectivity index (χ1v) is 6.48. The van der Waals surface area contributed by atoms with Crippen molar-refractivity contribution in [2.45, 2.75) is 32.4 Å². The number of anilines is 1. The Morgan fingerprint density at radius 1 is 1.44 bits per heavy atom. The molecular formula is C14H21FN2O. The zero-order chi connectivity index (χ0) is 13.1. The molecule has 1 aromatic carbocycles. The van der Waals surface area contributed by atoms with Crippen molar-refractivity contribution in [1.29, 1.82) is 0 Å². The van der Waals surface area contributed by atoms with E-state index < -0.39 is 0 Å². The highest BCUT2D eigenvalue weighted by atomic mass is 19.1. The van der Waals surface area contributed by atoms with Crippen LogP contribution in [-0.4, -0.2) is 31.8 Å². The summed E-state index contributed by atoms with van der Waals surface area (Å²) in [5, 5.41) is 0. The van der Waals surface area contributed by atoms with Crippen molar-refractivity contribution in [3.05, 3.63) is 29.6 Å². The summed E-state index contributed by atoms with van der Waals surface area (Å²) in [6.45, 7) is 5.99. The van der Waals surface area contributed by atoms with Crippen molar-refractivity contribution >= 4 is 5.69 Å². The van der Waals surface area contributed by atoms with Gasteiger partial charge in [0.25, 0.3) is 0 Å². The van der Waals surface area contributed by atoms with Gasteiger partial charge in [0.1, 0.15) is 5.82 Å². The van der Waals surface area contributed by atoms with Crippen LogP contribution in [0.1, 0.15) is 19.4 Å². The van der Waals surface area contributed by atoms with E-state index in [1.54, 1.807) is 6.07 Å². The Balaban J connectivity index is 2.21. The molecule has 0 radical (unpaired) electrons. The molecule has 2 N–H and O–H groups in total. The van der Waals surface area contributed by atoms with Crippen LogP contribution < -0.4 is 10.6 Å². The number of ether oxygens (including phenoxy) is 1. The van der Waals surface area contributed by atoms with E-state index in [9.17, 15) is 4.39 Å². The fourth-order valence-corrected chi connectivity index (χ4v) is 2.34. The fraction of sp³-hybridized carbons (Fsp3) is 0.571. The Bertz CT molecular complexity index is 411. The van der Waals surface area contributed by atoms with Crippen LogP contribution in [0.2, 0.25) is 0 Å². The predicted molar refractivity (Wildman–Crippen MR) is 71.4 cm³/mol. The normalized spacial score (nSPS) is 24.3. The third-order valence-corrected chi connectivity index (χ3v) is 3.36. The first kappa shape index (κ1) is 13.3. The minimum absolute atomic E-state index is 0.143. The second kappa shape index (κ2) is 5.67. The van der Waals surface area contributed by atoms with Crippen molar-refractivity contribution < 1.29 is 9.13 Å². The first-order chi connectivity index (χ1) is 8.61. The number of rotatable bonds is 3. The van der Waals surface area contributed by atoms with E-state index in [4.69, 9.17) is 10.5 Å². The van der Waals surface area contributed by atoms with Gasteiger partial charge in [-0.25, -0.2) is 4.39 Å². The standard InChI is InChI=1S/C14H21FN2O/c1-10-9-18-11(2)8-17(10)14-4-3-12(5-6-16)7-13(14)15/h3-4,7,10-11H,5-6,8-9,16H2,1-2H3. The minimum atomic E-state index is -0.165. The molecule has 2 rings (SSSR count). The largest absolute Gasteiger partial charge is 0.375 e. The molecule has 1 aliphatic rings.